The van der Waals surface area contributed by atoms with Crippen LogP contribution in [0.4, 0.5) is 0 Å². The minimum absolute atomic E-state index is 0.225. The Kier molecular flexibility index (Phi) is 5.59. The number of carbonyl (C=O) groups excluding carboxylic acids is 2. The van der Waals surface area contributed by atoms with Crippen molar-refractivity contribution in [2.45, 2.75) is 46.0 Å². The van der Waals surface area contributed by atoms with Crippen LogP contribution >= 0.6 is 0 Å². The molecule has 3 rings (SSSR count). The average molecular weight is 380 g/mol. The van der Waals surface area contributed by atoms with E-state index in [9.17, 15) is 9.59 Å². The highest BCUT2D eigenvalue weighted by Crippen LogP contribution is 2.50. The van der Waals surface area contributed by atoms with E-state index in [1.54, 1.807) is 13.8 Å². The molecule has 1 aliphatic carbocycles. The van der Waals surface area contributed by atoms with Crippen LogP contribution < -0.4 is 0 Å². The molecule has 0 spiro atoms. The molecule has 1 aliphatic rings. The summed E-state index contributed by atoms with van der Waals surface area (Å²) in [5.41, 5.74) is 2.50. The van der Waals surface area contributed by atoms with Crippen LogP contribution in [0, 0.1) is 12.3 Å². The quantitative estimate of drug-likeness (QED) is 0.571. The first-order valence-corrected chi connectivity index (χ1v) is 9.87. The number of carbonyl (C=O) groups is 2. The molecule has 2 aromatic rings. The summed E-state index contributed by atoms with van der Waals surface area (Å²) in [6.45, 7) is 8.11. The van der Waals surface area contributed by atoms with E-state index in [0.29, 0.717) is 12.8 Å². The molecule has 0 fully saturated rings. The summed E-state index contributed by atoms with van der Waals surface area (Å²) in [4.78, 5) is 26.2. The molecule has 28 heavy (non-hydrogen) atoms. The van der Waals surface area contributed by atoms with Gasteiger partial charge in [-0.2, -0.15) is 0 Å². The first kappa shape index (κ1) is 20.1. The fourth-order valence-electron chi connectivity index (χ4n) is 4.39. The van der Waals surface area contributed by atoms with E-state index in [-0.39, 0.29) is 13.2 Å². The first-order valence-electron chi connectivity index (χ1n) is 9.87. The monoisotopic (exact) mass is 380 g/mol. The first-order chi connectivity index (χ1) is 13.4. The molecule has 1 unspecified atom stereocenters. The van der Waals surface area contributed by atoms with Crippen LogP contribution in [0.5, 0.6) is 0 Å². The molecular formula is C24H28O4. The lowest BCUT2D eigenvalue weighted by Crippen LogP contribution is -2.51. The molecule has 0 saturated heterocycles. The number of fused-ring (bicyclic) bond motifs is 1. The molecule has 2 aromatic carbocycles. The molecule has 0 saturated carbocycles. The zero-order valence-electron chi connectivity index (χ0n) is 17.1. The minimum Gasteiger partial charge on any atom is -0.465 e. The molecule has 0 heterocycles. The standard InChI is InChI=1S/C24H28O4/c1-5-27-21(25)24(22(26)28-6-2)15-18-9-7-8-10-20(18)23(4,16-24)19-13-11-17(3)12-14-19/h7-14H,5-6,15-16H2,1-4H3. The van der Waals surface area contributed by atoms with Crippen molar-refractivity contribution in [1.82, 2.24) is 0 Å². The van der Waals surface area contributed by atoms with Gasteiger partial charge in [0.1, 0.15) is 0 Å². The number of hydrogen-bond acceptors (Lipinski definition) is 4. The van der Waals surface area contributed by atoms with Crippen LogP contribution in [0.1, 0.15) is 49.4 Å². The van der Waals surface area contributed by atoms with Gasteiger partial charge in [0.05, 0.1) is 13.2 Å². The van der Waals surface area contributed by atoms with Gasteiger partial charge in [0, 0.05) is 5.41 Å². The van der Waals surface area contributed by atoms with E-state index in [2.05, 4.69) is 37.3 Å². The van der Waals surface area contributed by atoms with Crippen molar-refractivity contribution in [1.29, 1.82) is 0 Å². The number of esters is 2. The van der Waals surface area contributed by atoms with Crippen LogP contribution in [0.15, 0.2) is 48.5 Å². The highest BCUT2D eigenvalue weighted by molar-refractivity contribution is 6.01. The van der Waals surface area contributed by atoms with Crippen LogP contribution in [0.2, 0.25) is 0 Å². The van der Waals surface area contributed by atoms with Gasteiger partial charge in [-0.15, -0.1) is 0 Å². The van der Waals surface area contributed by atoms with E-state index < -0.39 is 22.8 Å². The van der Waals surface area contributed by atoms with Gasteiger partial charge in [0.15, 0.2) is 5.41 Å². The summed E-state index contributed by atoms with van der Waals surface area (Å²) >= 11 is 0. The van der Waals surface area contributed by atoms with Gasteiger partial charge >= 0.3 is 11.9 Å². The van der Waals surface area contributed by atoms with Gasteiger partial charge in [-0.1, -0.05) is 61.0 Å². The second-order valence-corrected chi connectivity index (χ2v) is 7.73. The van der Waals surface area contributed by atoms with E-state index in [0.717, 1.165) is 16.7 Å². The number of hydrogen-bond donors (Lipinski definition) is 0. The fourth-order valence-corrected chi connectivity index (χ4v) is 4.39. The Hall–Kier alpha value is -2.62. The summed E-state index contributed by atoms with van der Waals surface area (Å²) in [5, 5.41) is 0. The zero-order chi connectivity index (χ0) is 20.4. The van der Waals surface area contributed by atoms with Crippen LogP contribution in [0.3, 0.4) is 0 Å². The molecule has 0 aliphatic heterocycles. The second-order valence-electron chi connectivity index (χ2n) is 7.73. The Balaban J connectivity index is 2.21. The van der Waals surface area contributed by atoms with E-state index in [4.69, 9.17) is 9.47 Å². The minimum atomic E-state index is -1.35. The lowest BCUT2D eigenvalue weighted by atomic mass is 9.58. The molecule has 0 radical (unpaired) electrons. The Morgan fingerprint density at radius 1 is 0.929 bits per heavy atom. The summed E-state index contributed by atoms with van der Waals surface area (Å²) in [7, 11) is 0. The molecule has 0 amide bonds. The normalized spacial score (nSPS) is 20.1. The van der Waals surface area contributed by atoms with E-state index in [1.807, 2.05) is 25.1 Å². The van der Waals surface area contributed by atoms with Gasteiger partial charge in [0.25, 0.3) is 0 Å². The van der Waals surface area contributed by atoms with Crippen molar-refractivity contribution in [3.8, 4) is 0 Å². The van der Waals surface area contributed by atoms with E-state index in [1.165, 1.54) is 5.56 Å². The molecule has 4 nitrogen and oxygen atoms in total. The predicted octanol–water partition coefficient (Wildman–Crippen LogP) is 4.36. The Morgan fingerprint density at radius 2 is 1.50 bits per heavy atom. The van der Waals surface area contributed by atoms with Crippen LogP contribution in [-0.2, 0) is 30.9 Å². The molecule has 148 valence electrons. The summed E-state index contributed by atoms with van der Waals surface area (Å²) < 4.78 is 10.8. The van der Waals surface area contributed by atoms with Crippen molar-refractivity contribution in [2.75, 3.05) is 13.2 Å². The molecule has 0 bridgehead atoms. The topological polar surface area (TPSA) is 52.6 Å². The zero-order valence-corrected chi connectivity index (χ0v) is 17.1. The van der Waals surface area contributed by atoms with Crippen molar-refractivity contribution < 1.29 is 19.1 Å². The molecule has 0 aromatic heterocycles. The van der Waals surface area contributed by atoms with E-state index >= 15 is 0 Å². The highest BCUT2D eigenvalue weighted by Gasteiger charge is 2.57. The Morgan fingerprint density at radius 3 is 2.07 bits per heavy atom. The third kappa shape index (κ3) is 3.32. The Bertz CT molecular complexity index is 850. The SMILES string of the molecule is CCOC(=O)C1(C(=O)OCC)Cc2ccccc2C(C)(c2ccc(C)cc2)C1. The number of benzene rings is 2. The Labute approximate surface area is 166 Å². The second kappa shape index (κ2) is 7.78. The van der Waals surface area contributed by atoms with Gasteiger partial charge in [-0.25, -0.2) is 0 Å². The molecule has 0 N–H and O–H groups in total. The average Bonchev–Trinajstić information content (AvgIpc) is 2.68. The fraction of sp³-hybridized carbons (Fsp3) is 0.417. The number of ether oxygens (including phenoxy) is 2. The predicted molar refractivity (Wildman–Crippen MR) is 108 cm³/mol. The number of rotatable bonds is 5. The van der Waals surface area contributed by atoms with Crippen LogP contribution in [-0.4, -0.2) is 25.2 Å². The lowest BCUT2D eigenvalue weighted by Gasteiger charge is -2.44. The largest absolute Gasteiger partial charge is 0.465 e. The van der Waals surface area contributed by atoms with Crippen molar-refractivity contribution >= 4 is 11.9 Å². The van der Waals surface area contributed by atoms with Gasteiger partial charge in [0.2, 0.25) is 0 Å². The maximum Gasteiger partial charge on any atom is 0.323 e. The van der Waals surface area contributed by atoms with Gasteiger partial charge in [-0.05, 0) is 50.3 Å². The van der Waals surface area contributed by atoms with Crippen LogP contribution in [0.25, 0.3) is 0 Å². The maximum atomic E-state index is 13.1. The van der Waals surface area contributed by atoms with Gasteiger partial charge in [-0.3, -0.25) is 9.59 Å². The maximum absolute atomic E-state index is 13.1. The van der Waals surface area contributed by atoms with Gasteiger partial charge < -0.3 is 9.47 Å². The lowest BCUT2D eigenvalue weighted by molar-refractivity contribution is -0.174. The summed E-state index contributed by atoms with van der Waals surface area (Å²) in [5.74, 6) is -0.998. The third-order valence-electron chi connectivity index (χ3n) is 5.78. The molecule has 1 atom stereocenters. The van der Waals surface area contributed by atoms with Crippen molar-refractivity contribution in [3.63, 3.8) is 0 Å². The highest BCUT2D eigenvalue weighted by atomic mass is 16.6. The summed E-state index contributed by atoms with van der Waals surface area (Å²) in [6.07, 6.45) is 0.611. The van der Waals surface area contributed by atoms with Crippen molar-refractivity contribution in [3.05, 3.63) is 70.8 Å². The molecular weight excluding hydrogens is 352 g/mol. The van der Waals surface area contributed by atoms with Crippen molar-refractivity contribution in [2.24, 2.45) is 5.41 Å². The number of aryl methyl sites for hydroxylation is 1. The smallest absolute Gasteiger partial charge is 0.323 e. The third-order valence-corrected chi connectivity index (χ3v) is 5.78. The molecule has 4 heteroatoms. The summed E-state index contributed by atoms with van der Waals surface area (Å²) in [6, 6.07) is 16.3.